The second kappa shape index (κ2) is 7.89. The lowest BCUT2D eigenvalue weighted by Gasteiger charge is -2.27. The van der Waals surface area contributed by atoms with Crippen LogP contribution in [0.5, 0.6) is 5.75 Å². The first-order valence-corrected chi connectivity index (χ1v) is 9.34. The highest BCUT2D eigenvalue weighted by Crippen LogP contribution is 2.42. The lowest BCUT2D eigenvalue weighted by molar-refractivity contribution is -0.138. The van der Waals surface area contributed by atoms with Crippen LogP contribution in [0, 0.1) is 5.41 Å². The van der Waals surface area contributed by atoms with Crippen LogP contribution >= 0.6 is 0 Å². The highest BCUT2D eigenvalue weighted by atomic mass is 16.5. The molecule has 1 heterocycles. The number of ether oxygens (including phenoxy) is 1. The smallest absolute Gasteiger partial charge is 0.303 e. The zero-order chi connectivity index (χ0) is 17.7. The number of carboxylic acid groups (broad SMARTS) is 1. The number of carboxylic acids is 1. The van der Waals surface area contributed by atoms with Gasteiger partial charge in [-0.25, -0.2) is 0 Å². The third-order valence-corrected chi connectivity index (χ3v) is 5.54. The summed E-state index contributed by atoms with van der Waals surface area (Å²) in [6.45, 7) is 1.41. The molecule has 1 fully saturated rings. The van der Waals surface area contributed by atoms with E-state index in [0.29, 0.717) is 13.0 Å². The summed E-state index contributed by atoms with van der Waals surface area (Å²) in [5.74, 6) is 0.229. The Kier molecular flexibility index (Phi) is 5.61. The third kappa shape index (κ3) is 4.33. The predicted octanol–water partition coefficient (Wildman–Crippen LogP) is 3.10. The molecule has 3 rings (SSSR count). The van der Waals surface area contributed by atoms with E-state index >= 15 is 0 Å². The summed E-state index contributed by atoms with van der Waals surface area (Å²) >= 11 is 0. The van der Waals surface area contributed by atoms with Crippen LogP contribution in [0.3, 0.4) is 0 Å². The molecule has 2 aliphatic rings. The van der Waals surface area contributed by atoms with E-state index in [9.17, 15) is 9.59 Å². The van der Waals surface area contributed by atoms with Crippen molar-refractivity contribution in [3.05, 3.63) is 29.3 Å². The lowest BCUT2D eigenvalue weighted by atomic mass is 9.80. The number of fused-ring (bicyclic) bond motifs is 1. The second-order valence-corrected chi connectivity index (χ2v) is 7.28. The molecule has 1 aromatic rings. The molecule has 0 radical (unpaired) electrons. The average Bonchev–Trinajstić information content (AvgIpc) is 3.26. The number of aliphatic carboxylic acids is 1. The second-order valence-electron chi connectivity index (χ2n) is 7.28. The monoisotopic (exact) mass is 345 g/mol. The minimum atomic E-state index is -0.820. The summed E-state index contributed by atoms with van der Waals surface area (Å²) in [7, 11) is 0. The van der Waals surface area contributed by atoms with Crippen molar-refractivity contribution in [2.24, 2.45) is 5.41 Å². The number of amides is 1. The van der Waals surface area contributed by atoms with Crippen molar-refractivity contribution in [1.29, 1.82) is 0 Å². The van der Waals surface area contributed by atoms with E-state index in [1.54, 1.807) is 0 Å². The Balaban J connectivity index is 1.46. The number of carbonyl (C=O) groups excluding carboxylic acids is 1. The first-order valence-electron chi connectivity index (χ1n) is 9.34. The van der Waals surface area contributed by atoms with Gasteiger partial charge in [0.15, 0.2) is 0 Å². The van der Waals surface area contributed by atoms with Crippen LogP contribution < -0.4 is 10.1 Å². The highest BCUT2D eigenvalue weighted by Gasteiger charge is 2.40. The summed E-state index contributed by atoms with van der Waals surface area (Å²) in [5, 5.41) is 12.0. The molecule has 0 atom stereocenters. The number of benzene rings is 1. The zero-order valence-electron chi connectivity index (χ0n) is 14.7. The first-order chi connectivity index (χ1) is 12.1. The van der Waals surface area contributed by atoms with Crippen molar-refractivity contribution in [3.63, 3.8) is 0 Å². The van der Waals surface area contributed by atoms with Gasteiger partial charge in [-0.05, 0) is 49.3 Å². The SMILES string of the molecule is O=C(O)CCC1(C(=O)NCCCc2ccc3c(c2)CCO3)CCCC1. The Morgan fingerprint density at radius 2 is 2.04 bits per heavy atom. The molecule has 1 saturated carbocycles. The fourth-order valence-electron chi connectivity index (χ4n) is 4.07. The van der Waals surface area contributed by atoms with Gasteiger partial charge in [0.05, 0.1) is 6.61 Å². The zero-order valence-corrected chi connectivity index (χ0v) is 14.7. The van der Waals surface area contributed by atoms with E-state index in [0.717, 1.165) is 57.3 Å². The first kappa shape index (κ1) is 17.8. The summed E-state index contributed by atoms with van der Waals surface area (Å²) in [6.07, 6.45) is 6.99. The van der Waals surface area contributed by atoms with Gasteiger partial charge >= 0.3 is 5.97 Å². The predicted molar refractivity (Wildman–Crippen MR) is 94.7 cm³/mol. The van der Waals surface area contributed by atoms with Crippen LogP contribution in [-0.2, 0) is 22.4 Å². The van der Waals surface area contributed by atoms with Crippen molar-refractivity contribution in [2.45, 2.75) is 57.8 Å². The fourth-order valence-corrected chi connectivity index (χ4v) is 4.07. The summed E-state index contributed by atoms with van der Waals surface area (Å²) in [4.78, 5) is 23.5. The largest absolute Gasteiger partial charge is 0.493 e. The van der Waals surface area contributed by atoms with Gasteiger partial charge in [0.25, 0.3) is 0 Å². The van der Waals surface area contributed by atoms with Crippen LogP contribution in [0.4, 0.5) is 0 Å². The minimum Gasteiger partial charge on any atom is -0.493 e. The van der Waals surface area contributed by atoms with Crippen LogP contribution in [0.25, 0.3) is 0 Å². The number of nitrogens with one attached hydrogen (secondary N) is 1. The summed E-state index contributed by atoms with van der Waals surface area (Å²) < 4.78 is 5.52. The molecule has 0 aromatic heterocycles. The van der Waals surface area contributed by atoms with Crippen LogP contribution in [-0.4, -0.2) is 30.1 Å². The Morgan fingerprint density at radius 3 is 2.80 bits per heavy atom. The molecule has 1 aromatic carbocycles. The van der Waals surface area contributed by atoms with Gasteiger partial charge in [0, 0.05) is 24.8 Å². The molecule has 136 valence electrons. The van der Waals surface area contributed by atoms with Crippen LogP contribution in [0.1, 0.15) is 56.1 Å². The topological polar surface area (TPSA) is 75.6 Å². The van der Waals surface area contributed by atoms with E-state index in [1.165, 1.54) is 11.1 Å². The third-order valence-electron chi connectivity index (χ3n) is 5.54. The van der Waals surface area contributed by atoms with Crippen molar-refractivity contribution < 1.29 is 19.4 Å². The molecule has 0 bridgehead atoms. The van der Waals surface area contributed by atoms with Gasteiger partial charge in [0.2, 0.25) is 5.91 Å². The van der Waals surface area contributed by atoms with Crippen molar-refractivity contribution >= 4 is 11.9 Å². The van der Waals surface area contributed by atoms with Gasteiger partial charge in [-0.1, -0.05) is 25.0 Å². The number of hydrogen-bond donors (Lipinski definition) is 2. The molecule has 25 heavy (non-hydrogen) atoms. The Morgan fingerprint density at radius 1 is 1.24 bits per heavy atom. The standard InChI is InChI=1S/C20H27NO4/c22-18(23)7-11-20(9-1-2-10-20)19(24)21-12-3-4-15-5-6-17-16(14-15)8-13-25-17/h5-6,14H,1-4,7-13H2,(H,21,24)(H,22,23). The number of aryl methyl sites for hydroxylation is 1. The molecular formula is C20H27NO4. The Labute approximate surface area is 148 Å². The molecule has 5 nitrogen and oxygen atoms in total. The number of carbonyl (C=O) groups is 2. The maximum atomic E-state index is 12.6. The lowest BCUT2D eigenvalue weighted by Crippen LogP contribution is -2.40. The summed E-state index contributed by atoms with van der Waals surface area (Å²) in [5.41, 5.74) is 2.10. The van der Waals surface area contributed by atoms with E-state index in [2.05, 4.69) is 17.4 Å². The summed E-state index contributed by atoms with van der Waals surface area (Å²) in [6, 6.07) is 6.34. The van der Waals surface area contributed by atoms with Gasteiger partial charge in [-0.3, -0.25) is 9.59 Å². The molecular weight excluding hydrogens is 318 g/mol. The van der Waals surface area contributed by atoms with E-state index in [1.807, 2.05) is 6.07 Å². The van der Waals surface area contributed by atoms with Gasteiger partial charge in [-0.2, -0.15) is 0 Å². The van der Waals surface area contributed by atoms with Gasteiger partial charge in [0.1, 0.15) is 5.75 Å². The Bertz CT molecular complexity index is 635. The quantitative estimate of drug-likeness (QED) is 0.710. The molecule has 1 amide bonds. The van der Waals surface area contributed by atoms with Crippen LogP contribution in [0.15, 0.2) is 18.2 Å². The van der Waals surface area contributed by atoms with E-state index in [4.69, 9.17) is 9.84 Å². The molecule has 2 N–H and O–H groups in total. The van der Waals surface area contributed by atoms with Crippen LogP contribution in [0.2, 0.25) is 0 Å². The minimum absolute atomic E-state index is 0.0496. The molecule has 0 spiro atoms. The normalized spacial score (nSPS) is 17.8. The maximum Gasteiger partial charge on any atom is 0.303 e. The molecule has 0 unspecified atom stereocenters. The molecule has 5 heteroatoms. The van der Waals surface area contributed by atoms with Crippen molar-refractivity contribution in [2.75, 3.05) is 13.2 Å². The highest BCUT2D eigenvalue weighted by molar-refractivity contribution is 5.83. The fraction of sp³-hybridized carbons (Fsp3) is 0.600. The van der Waals surface area contributed by atoms with Gasteiger partial charge < -0.3 is 15.2 Å². The molecule has 1 aliphatic carbocycles. The van der Waals surface area contributed by atoms with E-state index in [-0.39, 0.29) is 12.3 Å². The maximum absolute atomic E-state index is 12.6. The average molecular weight is 345 g/mol. The number of hydrogen-bond acceptors (Lipinski definition) is 3. The molecule has 0 saturated heterocycles. The van der Waals surface area contributed by atoms with E-state index < -0.39 is 11.4 Å². The molecule has 1 aliphatic heterocycles. The van der Waals surface area contributed by atoms with Crippen molar-refractivity contribution in [1.82, 2.24) is 5.32 Å². The number of rotatable bonds is 8. The van der Waals surface area contributed by atoms with Gasteiger partial charge in [-0.15, -0.1) is 0 Å². The Hall–Kier alpha value is -2.04. The van der Waals surface area contributed by atoms with Crippen molar-refractivity contribution in [3.8, 4) is 5.75 Å².